The Morgan fingerprint density at radius 3 is 2.50 bits per heavy atom. The summed E-state index contributed by atoms with van der Waals surface area (Å²) in [6, 6.07) is 15.6. The van der Waals surface area contributed by atoms with Gasteiger partial charge in [0.2, 0.25) is 0 Å². The van der Waals surface area contributed by atoms with Crippen LogP contribution in [0.25, 0.3) is 0 Å². The number of rotatable bonds is 3. The van der Waals surface area contributed by atoms with E-state index in [9.17, 15) is 9.90 Å². The van der Waals surface area contributed by atoms with E-state index in [1.54, 1.807) is 13.2 Å². The number of benzene rings is 2. The standard InChI is InChI=1S/C23H26N2O3/c1-28-19-7-5-16(6-8-19)23(27)25-14-20(17-3-2-4-18(26)13-17)22-21(25)15-9-11-24(22)12-10-15/h2-8,13,15,20-22,26H,9-12,14H2,1H3. The molecule has 5 heteroatoms. The van der Waals surface area contributed by atoms with Crippen molar-refractivity contribution in [2.24, 2.45) is 5.92 Å². The zero-order valence-corrected chi connectivity index (χ0v) is 16.1. The predicted molar refractivity (Wildman–Crippen MR) is 107 cm³/mol. The summed E-state index contributed by atoms with van der Waals surface area (Å²) >= 11 is 0. The summed E-state index contributed by atoms with van der Waals surface area (Å²) in [4.78, 5) is 18.1. The number of hydrogen-bond donors (Lipinski definition) is 1. The lowest BCUT2D eigenvalue weighted by molar-refractivity contribution is -0.00341. The Kier molecular flexibility index (Phi) is 4.27. The molecule has 0 radical (unpaired) electrons. The number of carbonyl (C=O) groups is 1. The summed E-state index contributed by atoms with van der Waals surface area (Å²) < 4.78 is 5.23. The van der Waals surface area contributed by atoms with Crippen molar-refractivity contribution in [2.45, 2.75) is 30.8 Å². The lowest BCUT2D eigenvalue weighted by Gasteiger charge is -2.51. The highest BCUT2D eigenvalue weighted by Gasteiger charge is 2.54. The van der Waals surface area contributed by atoms with E-state index in [1.807, 2.05) is 36.4 Å². The van der Waals surface area contributed by atoms with Gasteiger partial charge in [-0.2, -0.15) is 0 Å². The topological polar surface area (TPSA) is 53.0 Å². The first-order valence-corrected chi connectivity index (χ1v) is 10.1. The number of amides is 1. The van der Waals surface area contributed by atoms with Crippen LogP contribution >= 0.6 is 0 Å². The summed E-state index contributed by atoms with van der Waals surface area (Å²) in [6.07, 6.45) is 2.33. The van der Waals surface area contributed by atoms with Crippen LogP contribution in [0.5, 0.6) is 11.5 Å². The molecule has 1 N–H and O–H groups in total. The molecule has 0 aromatic heterocycles. The van der Waals surface area contributed by atoms with Crippen LogP contribution in [0.4, 0.5) is 0 Å². The number of nitrogens with zero attached hydrogens (tertiary/aromatic N) is 2. The van der Waals surface area contributed by atoms with Gasteiger partial charge in [-0.05, 0) is 73.8 Å². The number of phenols is 1. The van der Waals surface area contributed by atoms with Crippen LogP contribution in [0, 0.1) is 5.92 Å². The Morgan fingerprint density at radius 2 is 1.82 bits per heavy atom. The third kappa shape index (κ3) is 2.76. The van der Waals surface area contributed by atoms with E-state index < -0.39 is 0 Å². The van der Waals surface area contributed by atoms with Crippen molar-refractivity contribution in [1.29, 1.82) is 0 Å². The average Bonchev–Trinajstić information content (AvgIpc) is 3.17. The molecule has 0 spiro atoms. The molecule has 2 bridgehead atoms. The number of ether oxygens (including phenoxy) is 1. The minimum Gasteiger partial charge on any atom is -0.508 e. The molecule has 2 aromatic carbocycles. The van der Waals surface area contributed by atoms with Crippen LogP contribution in [0.1, 0.15) is 34.7 Å². The van der Waals surface area contributed by atoms with E-state index in [-0.39, 0.29) is 17.9 Å². The van der Waals surface area contributed by atoms with Gasteiger partial charge in [-0.3, -0.25) is 9.69 Å². The molecule has 3 atom stereocenters. The van der Waals surface area contributed by atoms with Crippen LogP contribution in [0.3, 0.4) is 0 Å². The van der Waals surface area contributed by atoms with Crippen molar-refractivity contribution in [3.63, 3.8) is 0 Å². The molecule has 28 heavy (non-hydrogen) atoms. The third-order valence-corrected chi connectivity index (χ3v) is 6.89. The van der Waals surface area contributed by atoms with Gasteiger partial charge in [0.1, 0.15) is 11.5 Å². The average molecular weight is 378 g/mol. The molecule has 3 unspecified atom stereocenters. The fourth-order valence-electron chi connectivity index (χ4n) is 5.60. The number of carbonyl (C=O) groups excluding carboxylic acids is 1. The van der Waals surface area contributed by atoms with Crippen molar-refractivity contribution < 1.29 is 14.6 Å². The highest BCUT2D eigenvalue weighted by Crippen LogP contribution is 2.47. The normalized spacial score (nSPS) is 30.9. The fourth-order valence-corrected chi connectivity index (χ4v) is 5.60. The SMILES string of the molecule is COc1ccc(C(=O)N2CC(c3cccc(O)c3)C3C2C2CCN3CC2)cc1. The van der Waals surface area contributed by atoms with Crippen molar-refractivity contribution in [3.8, 4) is 11.5 Å². The molecule has 6 rings (SSSR count). The third-order valence-electron chi connectivity index (χ3n) is 6.89. The highest BCUT2D eigenvalue weighted by atomic mass is 16.5. The van der Waals surface area contributed by atoms with Gasteiger partial charge in [-0.1, -0.05) is 12.1 Å². The first-order chi connectivity index (χ1) is 13.7. The lowest BCUT2D eigenvalue weighted by atomic mass is 9.75. The molecule has 5 nitrogen and oxygen atoms in total. The molecule has 4 aliphatic rings. The Hall–Kier alpha value is -2.53. The maximum absolute atomic E-state index is 13.4. The molecule has 2 aromatic rings. The Balaban J connectivity index is 1.50. The summed E-state index contributed by atoms with van der Waals surface area (Å²) in [5, 5.41) is 10.00. The van der Waals surface area contributed by atoms with E-state index >= 15 is 0 Å². The number of aromatic hydroxyl groups is 1. The van der Waals surface area contributed by atoms with Gasteiger partial charge in [0.25, 0.3) is 5.91 Å². The van der Waals surface area contributed by atoms with Crippen molar-refractivity contribution >= 4 is 5.91 Å². The Bertz CT molecular complexity index is 874. The number of methoxy groups -OCH3 is 1. The summed E-state index contributed by atoms with van der Waals surface area (Å²) in [5.74, 6) is 1.97. The molecule has 4 saturated heterocycles. The van der Waals surface area contributed by atoms with Crippen molar-refractivity contribution in [3.05, 3.63) is 59.7 Å². The molecule has 4 aliphatic heterocycles. The fraction of sp³-hybridized carbons (Fsp3) is 0.435. The zero-order valence-electron chi connectivity index (χ0n) is 16.1. The summed E-state index contributed by atoms with van der Waals surface area (Å²) in [6.45, 7) is 2.94. The Morgan fingerprint density at radius 1 is 1.07 bits per heavy atom. The van der Waals surface area contributed by atoms with Crippen LogP contribution in [-0.2, 0) is 0 Å². The van der Waals surface area contributed by atoms with Gasteiger partial charge in [0.15, 0.2) is 0 Å². The highest BCUT2D eigenvalue weighted by molar-refractivity contribution is 5.95. The molecular weight excluding hydrogens is 352 g/mol. The van der Waals surface area contributed by atoms with Gasteiger partial charge in [-0.25, -0.2) is 0 Å². The number of hydrogen-bond acceptors (Lipinski definition) is 4. The van der Waals surface area contributed by atoms with E-state index in [4.69, 9.17) is 4.74 Å². The predicted octanol–water partition coefficient (Wildman–Crippen LogP) is 3.10. The molecule has 146 valence electrons. The van der Waals surface area contributed by atoms with E-state index in [1.165, 1.54) is 12.8 Å². The van der Waals surface area contributed by atoms with Crippen LogP contribution in [0.15, 0.2) is 48.5 Å². The smallest absolute Gasteiger partial charge is 0.254 e. The first kappa shape index (κ1) is 17.6. The molecule has 1 amide bonds. The lowest BCUT2D eigenvalue weighted by Crippen LogP contribution is -2.60. The van der Waals surface area contributed by atoms with Crippen molar-refractivity contribution in [2.75, 3.05) is 26.7 Å². The minimum atomic E-state index is 0.106. The molecule has 4 heterocycles. The second-order valence-electron chi connectivity index (χ2n) is 8.24. The van der Waals surface area contributed by atoms with Gasteiger partial charge in [0.05, 0.1) is 13.2 Å². The number of likely N-dealkylation sites (tertiary alicyclic amines) is 1. The number of fused-ring (bicyclic) bond motifs is 2. The maximum Gasteiger partial charge on any atom is 0.254 e. The van der Waals surface area contributed by atoms with Gasteiger partial charge >= 0.3 is 0 Å². The van der Waals surface area contributed by atoms with Crippen molar-refractivity contribution in [1.82, 2.24) is 9.80 Å². The number of phenolic OH excluding ortho intramolecular Hbond substituents is 1. The molecule has 0 saturated carbocycles. The first-order valence-electron chi connectivity index (χ1n) is 10.1. The molecule has 0 aliphatic carbocycles. The second-order valence-corrected chi connectivity index (χ2v) is 8.24. The summed E-state index contributed by atoms with van der Waals surface area (Å²) in [5.41, 5.74) is 1.85. The monoisotopic (exact) mass is 378 g/mol. The maximum atomic E-state index is 13.4. The Labute approximate surface area is 165 Å². The molecular formula is C23H26N2O3. The van der Waals surface area contributed by atoms with E-state index in [0.29, 0.717) is 29.8 Å². The summed E-state index contributed by atoms with van der Waals surface area (Å²) in [7, 11) is 1.63. The van der Waals surface area contributed by atoms with Crippen LogP contribution in [0.2, 0.25) is 0 Å². The van der Waals surface area contributed by atoms with Gasteiger partial charge in [-0.15, -0.1) is 0 Å². The largest absolute Gasteiger partial charge is 0.508 e. The van der Waals surface area contributed by atoms with E-state index in [2.05, 4.69) is 15.9 Å². The number of piperidine rings is 3. The molecule has 4 fully saturated rings. The van der Waals surface area contributed by atoms with Gasteiger partial charge in [0, 0.05) is 24.1 Å². The van der Waals surface area contributed by atoms with E-state index in [0.717, 1.165) is 24.4 Å². The minimum absolute atomic E-state index is 0.106. The van der Waals surface area contributed by atoms with Crippen LogP contribution in [-0.4, -0.2) is 59.6 Å². The van der Waals surface area contributed by atoms with Crippen LogP contribution < -0.4 is 4.74 Å². The zero-order chi connectivity index (χ0) is 19.3. The quantitative estimate of drug-likeness (QED) is 0.892. The van der Waals surface area contributed by atoms with Gasteiger partial charge < -0.3 is 14.7 Å². The second kappa shape index (κ2) is 6.82.